The van der Waals surface area contributed by atoms with Crippen LogP contribution in [0.2, 0.25) is 0 Å². The number of methoxy groups -OCH3 is 1. The third-order valence-electron chi connectivity index (χ3n) is 4.49. The van der Waals surface area contributed by atoms with Gasteiger partial charge in [0.15, 0.2) is 9.84 Å². The number of hydrogen-bond acceptors (Lipinski definition) is 5. The van der Waals surface area contributed by atoms with Crippen LogP contribution in [0.5, 0.6) is 0 Å². The van der Waals surface area contributed by atoms with Crippen molar-refractivity contribution in [2.45, 2.75) is 26.3 Å². The summed E-state index contributed by atoms with van der Waals surface area (Å²) < 4.78 is 28.4. The van der Waals surface area contributed by atoms with Crippen LogP contribution in [0.25, 0.3) is 0 Å². The maximum Gasteiger partial charge on any atom is 0.313 e. The molecular weight excluding hydrogens is 344 g/mol. The molecule has 1 fully saturated rings. The Hall–Kier alpha value is -1.93. The van der Waals surface area contributed by atoms with E-state index in [0.29, 0.717) is 12.1 Å². The van der Waals surface area contributed by atoms with Crippen molar-refractivity contribution in [1.29, 1.82) is 0 Å². The van der Waals surface area contributed by atoms with Crippen molar-refractivity contribution in [3.63, 3.8) is 0 Å². The summed E-state index contributed by atoms with van der Waals surface area (Å²) in [7, 11) is -1.67. The number of sulfone groups is 1. The van der Waals surface area contributed by atoms with E-state index in [1.807, 2.05) is 19.9 Å². The normalized spacial score (nSPS) is 18.8. The molecule has 2 amide bonds. The minimum Gasteiger partial charge on any atom is -0.383 e. The average molecular weight is 368 g/mol. The van der Waals surface area contributed by atoms with Crippen molar-refractivity contribution in [1.82, 2.24) is 4.90 Å². The lowest BCUT2D eigenvalue weighted by Gasteiger charge is -2.27. The van der Waals surface area contributed by atoms with Crippen LogP contribution in [0, 0.1) is 13.8 Å². The summed E-state index contributed by atoms with van der Waals surface area (Å²) >= 11 is 0. The topological polar surface area (TPSA) is 92.8 Å². The van der Waals surface area contributed by atoms with E-state index in [1.54, 1.807) is 12.1 Å². The molecule has 1 N–H and O–H groups in total. The highest BCUT2D eigenvalue weighted by Crippen LogP contribution is 2.20. The van der Waals surface area contributed by atoms with Crippen molar-refractivity contribution in [3.8, 4) is 0 Å². The minimum atomic E-state index is -3.16. The number of rotatable bonds is 5. The average Bonchev–Trinajstić information content (AvgIpc) is 2.91. The lowest BCUT2D eigenvalue weighted by Crippen LogP contribution is -2.48. The van der Waals surface area contributed by atoms with Crippen LogP contribution in [-0.2, 0) is 24.2 Å². The fourth-order valence-electron chi connectivity index (χ4n) is 2.85. The number of ether oxygens (including phenoxy) is 1. The van der Waals surface area contributed by atoms with Crippen LogP contribution in [0.3, 0.4) is 0 Å². The standard InChI is InChI=1S/C17H24N2O5S/c1-12-5-4-6-15(13(12)2)18-16(20)17(21)19(8-9-24-3)14-7-10-25(22,23)11-14/h4-6,14H,7-11H2,1-3H3,(H,18,20). The highest BCUT2D eigenvalue weighted by Gasteiger charge is 2.36. The minimum absolute atomic E-state index is 0.0348. The van der Waals surface area contributed by atoms with Gasteiger partial charge in [0, 0.05) is 25.4 Å². The predicted octanol–water partition coefficient (Wildman–Crippen LogP) is 0.904. The van der Waals surface area contributed by atoms with Gasteiger partial charge in [0.2, 0.25) is 0 Å². The molecule has 0 bridgehead atoms. The lowest BCUT2D eigenvalue weighted by atomic mass is 10.1. The Morgan fingerprint density at radius 3 is 2.64 bits per heavy atom. The molecule has 2 rings (SSSR count). The Bertz CT molecular complexity index is 760. The number of benzene rings is 1. The Balaban J connectivity index is 2.15. The van der Waals surface area contributed by atoms with Crippen LogP contribution in [0.15, 0.2) is 18.2 Å². The van der Waals surface area contributed by atoms with Crippen LogP contribution in [-0.4, -0.2) is 62.9 Å². The first-order valence-corrected chi connectivity index (χ1v) is 9.95. The van der Waals surface area contributed by atoms with E-state index in [2.05, 4.69) is 5.32 Å². The second kappa shape index (κ2) is 7.97. The van der Waals surface area contributed by atoms with Gasteiger partial charge < -0.3 is 15.0 Å². The molecule has 0 aromatic heterocycles. The zero-order chi connectivity index (χ0) is 18.6. The molecule has 1 aromatic rings. The van der Waals surface area contributed by atoms with Gasteiger partial charge in [-0.05, 0) is 37.5 Å². The maximum absolute atomic E-state index is 12.6. The Kier molecular flexibility index (Phi) is 6.18. The summed E-state index contributed by atoms with van der Waals surface area (Å²) in [5, 5.41) is 2.63. The zero-order valence-electron chi connectivity index (χ0n) is 14.7. The molecule has 25 heavy (non-hydrogen) atoms. The van der Waals surface area contributed by atoms with Gasteiger partial charge in [-0.25, -0.2) is 8.42 Å². The third-order valence-corrected chi connectivity index (χ3v) is 6.24. The molecule has 1 unspecified atom stereocenters. The van der Waals surface area contributed by atoms with E-state index in [0.717, 1.165) is 11.1 Å². The number of carbonyl (C=O) groups excluding carboxylic acids is 2. The molecule has 138 valence electrons. The fraction of sp³-hybridized carbons (Fsp3) is 0.529. The van der Waals surface area contributed by atoms with Crippen molar-refractivity contribution in [2.24, 2.45) is 0 Å². The van der Waals surface area contributed by atoms with E-state index in [9.17, 15) is 18.0 Å². The number of hydrogen-bond donors (Lipinski definition) is 1. The van der Waals surface area contributed by atoms with Crippen molar-refractivity contribution in [3.05, 3.63) is 29.3 Å². The molecule has 1 saturated heterocycles. The molecule has 1 aromatic carbocycles. The van der Waals surface area contributed by atoms with Crippen LogP contribution < -0.4 is 5.32 Å². The molecule has 1 atom stereocenters. The summed E-state index contributed by atoms with van der Waals surface area (Å²) in [6, 6.07) is 4.96. The van der Waals surface area contributed by atoms with Gasteiger partial charge in [-0.15, -0.1) is 0 Å². The molecule has 1 aliphatic rings. The Morgan fingerprint density at radius 2 is 2.04 bits per heavy atom. The Morgan fingerprint density at radius 1 is 1.32 bits per heavy atom. The summed E-state index contributed by atoms with van der Waals surface area (Å²) in [5.74, 6) is -1.58. The van der Waals surface area contributed by atoms with E-state index in [-0.39, 0.29) is 24.7 Å². The van der Waals surface area contributed by atoms with Crippen LogP contribution >= 0.6 is 0 Å². The third kappa shape index (κ3) is 4.79. The monoisotopic (exact) mass is 368 g/mol. The van der Waals surface area contributed by atoms with Gasteiger partial charge in [0.05, 0.1) is 18.1 Å². The highest BCUT2D eigenvalue weighted by molar-refractivity contribution is 7.91. The summed E-state index contributed by atoms with van der Waals surface area (Å²) in [6.45, 7) is 4.19. The number of nitrogens with zero attached hydrogens (tertiary/aromatic N) is 1. The fourth-order valence-corrected chi connectivity index (χ4v) is 4.58. The van der Waals surface area contributed by atoms with Gasteiger partial charge in [0.1, 0.15) is 0 Å². The first kappa shape index (κ1) is 19.4. The zero-order valence-corrected chi connectivity index (χ0v) is 15.6. The van der Waals surface area contributed by atoms with E-state index in [1.165, 1.54) is 12.0 Å². The quantitative estimate of drug-likeness (QED) is 0.780. The number of aryl methyl sites for hydroxylation is 1. The number of amides is 2. The molecule has 0 saturated carbocycles. The van der Waals surface area contributed by atoms with E-state index >= 15 is 0 Å². The first-order valence-electron chi connectivity index (χ1n) is 8.12. The second-order valence-electron chi connectivity index (χ2n) is 6.25. The number of anilines is 1. The number of nitrogens with one attached hydrogen (secondary N) is 1. The van der Waals surface area contributed by atoms with Gasteiger partial charge in [-0.2, -0.15) is 0 Å². The molecule has 0 radical (unpaired) electrons. The molecule has 8 heteroatoms. The maximum atomic E-state index is 12.6. The lowest BCUT2D eigenvalue weighted by molar-refractivity contribution is -0.144. The van der Waals surface area contributed by atoms with Crippen molar-refractivity contribution in [2.75, 3.05) is 37.1 Å². The van der Waals surface area contributed by atoms with Gasteiger partial charge >= 0.3 is 11.8 Å². The van der Waals surface area contributed by atoms with Crippen molar-refractivity contribution >= 4 is 27.3 Å². The smallest absolute Gasteiger partial charge is 0.313 e. The molecule has 0 spiro atoms. The summed E-state index contributed by atoms with van der Waals surface area (Å²) in [6.07, 6.45) is 0.342. The van der Waals surface area contributed by atoms with Gasteiger partial charge in [-0.3, -0.25) is 9.59 Å². The van der Waals surface area contributed by atoms with Crippen LogP contribution in [0.4, 0.5) is 5.69 Å². The summed E-state index contributed by atoms with van der Waals surface area (Å²) in [5.41, 5.74) is 2.46. The highest BCUT2D eigenvalue weighted by atomic mass is 32.2. The molecular formula is C17H24N2O5S. The first-order chi connectivity index (χ1) is 11.7. The molecule has 1 heterocycles. The largest absolute Gasteiger partial charge is 0.383 e. The van der Waals surface area contributed by atoms with Crippen LogP contribution in [0.1, 0.15) is 17.5 Å². The predicted molar refractivity (Wildman–Crippen MR) is 95.2 cm³/mol. The van der Waals surface area contributed by atoms with E-state index in [4.69, 9.17) is 4.74 Å². The number of carbonyl (C=O) groups is 2. The molecule has 1 aliphatic heterocycles. The van der Waals surface area contributed by atoms with E-state index < -0.39 is 27.7 Å². The SMILES string of the molecule is COCCN(C(=O)C(=O)Nc1cccc(C)c1C)C1CCS(=O)(=O)C1. The Labute approximate surface area is 148 Å². The molecule has 0 aliphatic carbocycles. The summed E-state index contributed by atoms with van der Waals surface area (Å²) in [4.78, 5) is 26.3. The molecule has 7 nitrogen and oxygen atoms in total. The van der Waals surface area contributed by atoms with Crippen molar-refractivity contribution < 1.29 is 22.7 Å². The van der Waals surface area contributed by atoms with Gasteiger partial charge in [0.25, 0.3) is 0 Å². The van der Waals surface area contributed by atoms with Gasteiger partial charge in [-0.1, -0.05) is 12.1 Å². The second-order valence-corrected chi connectivity index (χ2v) is 8.48.